The summed E-state index contributed by atoms with van der Waals surface area (Å²) in [6.45, 7) is 0. The van der Waals surface area contributed by atoms with Crippen LogP contribution < -0.4 is 5.56 Å². The average molecular weight is 209 g/mol. The third-order valence-corrected chi connectivity index (χ3v) is 2.90. The zero-order valence-corrected chi connectivity index (χ0v) is 8.73. The monoisotopic (exact) mass is 209 g/mol. The molecule has 1 aromatic carbocycles. The van der Waals surface area contributed by atoms with Crippen LogP contribution in [0.25, 0.3) is 16.8 Å². The number of aromatic amines is 1. The Hall–Kier alpha value is -2.09. The van der Waals surface area contributed by atoms with Crippen molar-refractivity contribution >= 4 is 16.8 Å². The lowest BCUT2D eigenvalue weighted by atomic mass is 10.0. The van der Waals surface area contributed by atoms with Crippen molar-refractivity contribution < 1.29 is 0 Å². The van der Waals surface area contributed by atoms with Gasteiger partial charge in [-0.05, 0) is 29.5 Å². The van der Waals surface area contributed by atoms with Crippen LogP contribution in [-0.4, -0.2) is 4.98 Å². The number of rotatable bonds is 0. The number of hydrogen-bond donors (Lipinski definition) is 1. The summed E-state index contributed by atoms with van der Waals surface area (Å²) in [5.74, 6) is 0. The minimum Gasteiger partial charge on any atom is -0.322 e. The quantitative estimate of drug-likeness (QED) is 0.710. The molecule has 2 aromatic rings. The van der Waals surface area contributed by atoms with Crippen LogP contribution in [0.4, 0.5) is 0 Å². The maximum atomic E-state index is 11.9. The van der Waals surface area contributed by atoms with E-state index >= 15 is 0 Å². The summed E-state index contributed by atoms with van der Waals surface area (Å²) in [4.78, 5) is 14.8. The van der Waals surface area contributed by atoms with E-state index in [-0.39, 0.29) is 5.56 Å². The molecule has 0 saturated heterocycles. The zero-order chi connectivity index (χ0) is 11.0. The molecule has 0 radical (unpaired) electrons. The fourth-order valence-corrected chi connectivity index (χ4v) is 2.13. The molecule has 1 aromatic heterocycles. The summed E-state index contributed by atoms with van der Waals surface area (Å²) in [5, 5.41) is 1.82. The van der Waals surface area contributed by atoms with E-state index in [0.29, 0.717) is 0 Å². The van der Waals surface area contributed by atoms with Gasteiger partial charge < -0.3 is 4.98 Å². The van der Waals surface area contributed by atoms with Crippen LogP contribution in [-0.2, 0) is 6.42 Å². The highest BCUT2D eigenvalue weighted by Gasteiger charge is 2.08. The van der Waals surface area contributed by atoms with E-state index in [2.05, 4.69) is 11.1 Å². The second kappa shape index (κ2) is 3.49. The lowest BCUT2D eigenvalue weighted by molar-refractivity contribution is 1.17. The first-order chi connectivity index (χ1) is 7.86. The molecule has 0 unspecified atom stereocenters. The van der Waals surface area contributed by atoms with Crippen molar-refractivity contribution in [2.24, 2.45) is 0 Å². The summed E-state index contributed by atoms with van der Waals surface area (Å²) in [6.07, 6.45) is 8.88. The van der Waals surface area contributed by atoms with Gasteiger partial charge in [0.25, 0.3) is 5.56 Å². The minimum atomic E-state index is -0.0131. The van der Waals surface area contributed by atoms with E-state index in [9.17, 15) is 4.79 Å². The van der Waals surface area contributed by atoms with E-state index < -0.39 is 0 Å². The first-order valence-electron chi connectivity index (χ1n) is 5.33. The second-order valence-electron chi connectivity index (χ2n) is 3.88. The number of pyridine rings is 1. The molecule has 16 heavy (non-hydrogen) atoms. The average Bonchev–Trinajstić information content (AvgIpc) is 2.55. The summed E-state index contributed by atoms with van der Waals surface area (Å²) < 4.78 is 0. The number of aromatic nitrogens is 1. The second-order valence-corrected chi connectivity index (χ2v) is 3.88. The predicted octanol–water partition coefficient (Wildman–Crippen LogP) is 2.65. The molecule has 78 valence electrons. The van der Waals surface area contributed by atoms with E-state index in [0.717, 1.165) is 22.9 Å². The maximum absolute atomic E-state index is 11.9. The van der Waals surface area contributed by atoms with Crippen molar-refractivity contribution in [3.8, 4) is 0 Å². The Morgan fingerprint density at radius 3 is 2.75 bits per heavy atom. The molecule has 0 aliphatic heterocycles. The number of allylic oxidation sites excluding steroid dienone is 3. The molecule has 1 aliphatic rings. The van der Waals surface area contributed by atoms with Crippen LogP contribution in [0.2, 0.25) is 0 Å². The van der Waals surface area contributed by atoms with Crippen LogP contribution >= 0.6 is 0 Å². The van der Waals surface area contributed by atoms with Gasteiger partial charge in [-0.1, -0.05) is 36.4 Å². The molecule has 2 nitrogen and oxygen atoms in total. The first kappa shape index (κ1) is 9.16. The number of H-pyrrole nitrogens is 1. The van der Waals surface area contributed by atoms with E-state index in [1.807, 2.05) is 42.5 Å². The van der Waals surface area contributed by atoms with Crippen LogP contribution in [0.1, 0.15) is 11.3 Å². The van der Waals surface area contributed by atoms with E-state index in [1.54, 1.807) is 0 Å². The Kier molecular flexibility index (Phi) is 2.00. The molecule has 1 N–H and O–H groups in total. The van der Waals surface area contributed by atoms with Gasteiger partial charge in [0, 0.05) is 11.1 Å². The van der Waals surface area contributed by atoms with Crippen molar-refractivity contribution in [2.75, 3.05) is 0 Å². The SMILES string of the molecule is O=c1[nH]c2c(c3ccccc13)CC=CC=C2. The molecule has 0 saturated carbocycles. The van der Waals surface area contributed by atoms with Crippen LogP contribution in [0.15, 0.2) is 47.3 Å². The van der Waals surface area contributed by atoms with Gasteiger partial charge in [0.2, 0.25) is 0 Å². The number of nitrogens with one attached hydrogen (secondary N) is 1. The van der Waals surface area contributed by atoms with Crippen molar-refractivity contribution in [2.45, 2.75) is 6.42 Å². The van der Waals surface area contributed by atoms with Crippen molar-refractivity contribution in [1.82, 2.24) is 4.98 Å². The third-order valence-electron chi connectivity index (χ3n) is 2.90. The predicted molar refractivity (Wildman–Crippen MR) is 66.4 cm³/mol. The van der Waals surface area contributed by atoms with Gasteiger partial charge in [-0.25, -0.2) is 0 Å². The van der Waals surface area contributed by atoms with Crippen molar-refractivity contribution in [3.63, 3.8) is 0 Å². The highest BCUT2D eigenvalue weighted by atomic mass is 16.1. The lowest BCUT2D eigenvalue weighted by Crippen LogP contribution is -2.10. The maximum Gasteiger partial charge on any atom is 0.256 e. The lowest BCUT2D eigenvalue weighted by Gasteiger charge is -2.07. The smallest absolute Gasteiger partial charge is 0.256 e. The van der Waals surface area contributed by atoms with Crippen LogP contribution in [0, 0.1) is 0 Å². The molecule has 1 heterocycles. The van der Waals surface area contributed by atoms with Gasteiger partial charge in [-0.2, -0.15) is 0 Å². The number of hydrogen-bond acceptors (Lipinski definition) is 1. The first-order valence-corrected chi connectivity index (χ1v) is 5.33. The number of fused-ring (bicyclic) bond motifs is 3. The molecular formula is C14H11NO. The Bertz CT molecular complexity index is 662. The Morgan fingerprint density at radius 2 is 1.88 bits per heavy atom. The van der Waals surface area contributed by atoms with E-state index in [1.165, 1.54) is 5.56 Å². The Morgan fingerprint density at radius 1 is 1.06 bits per heavy atom. The summed E-state index contributed by atoms with van der Waals surface area (Å²) in [5.41, 5.74) is 2.11. The standard InChI is InChI=1S/C14H11NO/c16-14-12-8-5-4-6-10(12)11-7-2-1-3-9-13(11)15-14/h1-6,8-9H,7H2,(H,15,16). The molecule has 1 aliphatic carbocycles. The molecule has 0 atom stereocenters. The Labute approximate surface area is 92.9 Å². The van der Waals surface area contributed by atoms with Gasteiger partial charge in [-0.3, -0.25) is 4.79 Å². The highest BCUT2D eigenvalue weighted by molar-refractivity contribution is 5.87. The topological polar surface area (TPSA) is 32.9 Å². The number of benzene rings is 1. The van der Waals surface area contributed by atoms with Crippen molar-refractivity contribution in [1.29, 1.82) is 0 Å². The van der Waals surface area contributed by atoms with Gasteiger partial charge in [0.15, 0.2) is 0 Å². The minimum absolute atomic E-state index is 0.0131. The largest absolute Gasteiger partial charge is 0.322 e. The summed E-state index contributed by atoms with van der Waals surface area (Å²) in [7, 11) is 0. The normalized spacial score (nSPS) is 13.8. The third kappa shape index (κ3) is 1.31. The van der Waals surface area contributed by atoms with Gasteiger partial charge in [0.1, 0.15) is 0 Å². The van der Waals surface area contributed by atoms with Crippen molar-refractivity contribution in [3.05, 3.63) is 64.1 Å². The molecule has 2 heteroatoms. The zero-order valence-electron chi connectivity index (χ0n) is 8.73. The Balaban J connectivity index is 2.48. The fraction of sp³-hybridized carbons (Fsp3) is 0.0714. The van der Waals surface area contributed by atoms with Crippen LogP contribution in [0.3, 0.4) is 0 Å². The summed E-state index contributed by atoms with van der Waals surface area (Å²) in [6, 6.07) is 7.75. The molecule has 0 amide bonds. The van der Waals surface area contributed by atoms with E-state index in [4.69, 9.17) is 0 Å². The van der Waals surface area contributed by atoms with Gasteiger partial charge in [-0.15, -0.1) is 0 Å². The summed E-state index contributed by atoms with van der Waals surface area (Å²) >= 11 is 0. The molecule has 0 bridgehead atoms. The fourth-order valence-electron chi connectivity index (χ4n) is 2.13. The highest BCUT2D eigenvalue weighted by Crippen LogP contribution is 2.21. The van der Waals surface area contributed by atoms with Gasteiger partial charge in [0.05, 0.1) is 0 Å². The van der Waals surface area contributed by atoms with Gasteiger partial charge >= 0.3 is 0 Å². The molecule has 0 fully saturated rings. The molecule has 0 spiro atoms. The molecular weight excluding hydrogens is 198 g/mol. The molecule has 3 rings (SSSR count). The van der Waals surface area contributed by atoms with Crippen LogP contribution in [0.5, 0.6) is 0 Å².